The summed E-state index contributed by atoms with van der Waals surface area (Å²) < 4.78 is 0. The summed E-state index contributed by atoms with van der Waals surface area (Å²) in [6, 6.07) is 9.77. The van der Waals surface area contributed by atoms with Gasteiger partial charge in [0.25, 0.3) is 0 Å². The van der Waals surface area contributed by atoms with E-state index in [4.69, 9.17) is 0 Å². The first-order chi connectivity index (χ1) is 12.7. The lowest BCUT2D eigenvalue weighted by Gasteiger charge is -2.28. The molecule has 2 atom stereocenters. The van der Waals surface area contributed by atoms with Gasteiger partial charge < -0.3 is 15.5 Å². The number of fused-ring (bicyclic) bond motifs is 2. The van der Waals surface area contributed by atoms with Gasteiger partial charge in [-0.1, -0.05) is 12.1 Å². The topological polar surface area (TPSA) is 44.4 Å². The van der Waals surface area contributed by atoms with Crippen molar-refractivity contribution < 1.29 is 4.79 Å². The fraction of sp³-hybridized carbons (Fsp3) is 0.667. The highest BCUT2D eigenvalue weighted by molar-refractivity contribution is 7.99. The molecule has 3 heterocycles. The maximum absolute atomic E-state index is 12.4. The predicted molar refractivity (Wildman–Crippen MR) is 124 cm³/mol. The maximum atomic E-state index is 12.4. The van der Waals surface area contributed by atoms with Gasteiger partial charge >= 0.3 is 0 Å². The van der Waals surface area contributed by atoms with E-state index >= 15 is 0 Å². The van der Waals surface area contributed by atoms with Crippen molar-refractivity contribution in [3.05, 3.63) is 29.8 Å². The first-order valence-electron chi connectivity index (χ1n) is 10.2. The van der Waals surface area contributed by atoms with Crippen LogP contribution in [-0.4, -0.2) is 54.0 Å². The Bertz CT molecular complexity index is 598. The van der Waals surface area contributed by atoms with E-state index in [-0.39, 0.29) is 30.7 Å². The lowest BCUT2D eigenvalue weighted by molar-refractivity contribution is -0.117. The molecule has 2 bridgehead atoms. The second-order valence-electron chi connectivity index (χ2n) is 8.13. The summed E-state index contributed by atoms with van der Waals surface area (Å²) in [6.07, 6.45) is 6.68. The lowest BCUT2D eigenvalue weighted by Crippen LogP contribution is -2.39. The third-order valence-corrected chi connectivity index (χ3v) is 7.05. The Morgan fingerprint density at radius 2 is 1.71 bits per heavy atom. The monoisotopic (exact) mass is 445 g/mol. The third-order valence-electron chi connectivity index (χ3n) is 6.10. The van der Waals surface area contributed by atoms with Crippen LogP contribution in [-0.2, 0) is 11.2 Å². The standard InChI is InChI=1S/C21H31N3OS.2ClH/c25-21(15-17-13-19-5-6-20(14-17)22-19)23-18-3-1-16(2-4-18)7-8-24-9-11-26-12-10-24;;/h1-4,17,19-20,22H,5-15H2,(H,23,25);2*1H. The molecule has 1 amide bonds. The Labute approximate surface area is 185 Å². The molecule has 1 aromatic carbocycles. The number of amides is 1. The number of carbonyl (C=O) groups is 1. The molecule has 0 saturated carbocycles. The maximum Gasteiger partial charge on any atom is 0.224 e. The molecule has 3 fully saturated rings. The average molecular weight is 446 g/mol. The van der Waals surface area contributed by atoms with Gasteiger partial charge in [0, 0.05) is 55.3 Å². The number of piperidine rings is 1. The number of halogens is 2. The minimum Gasteiger partial charge on any atom is -0.326 e. The molecule has 4 nitrogen and oxygen atoms in total. The Morgan fingerprint density at radius 3 is 2.36 bits per heavy atom. The highest BCUT2D eigenvalue weighted by atomic mass is 35.5. The molecule has 4 rings (SSSR count). The quantitative estimate of drug-likeness (QED) is 0.694. The molecule has 1 aromatic rings. The Hall–Kier alpha value is -0.460. The second kappa shape index (κ2) is 11.7. The van der Waals surface area contributed by atoms with Crippen molar-refractivity contribution in [2.75, 3.05) is 36.5 Å². The summed E-state index contributed by atoms with van der Waals surface area (Å²) >= 11 is 2.06. The number of rotatable bonds is 6. The van der Waals surface area contributed by atoms with Crippen LogP contribution in [0.5, 0.6) is 0 Å². The molecule has 3 aliphatic heterocycles. The molecule has 0 radical (unpaired) electrons. The van der Waals surface area contributed by atoms with E-state index in [2.05, 4.69) is 51.6 Å². The van der Waals surface area contributed by atoms with Gasteiger partial charge in [-0.15, -0.1) is 24.8 Å². The molecule has 0 aliphatic carbocycles. The highest BCUT2D eigenvalue weighted by Gasteiger charge is 2.34. The van der Waals surface area contributed by atoms with Crippen LogP contribution in [0.25, 0.3) is 0 Å². The zero-order chi connectivity index (χ0) is 17.8. The zero-order valence-corrected chi connectivity index (χ0v) is 18.8. The number of carbonyl (C=O) groups excluding carboxylic acids is 1. The van der Waals surface area contributed by atoms with Gasteiger partial charge in [0.15, 0.2) is 0 Å². The molecule has 28 heavy (non-hydrogen) atoms. The van der Waals surface area contributed by atoms with Gasteiger partial charge in [-0.05, 0) is 55.7 Å². The first kappa shape index (κ1) is 23.8. The third kappa shape index (κ3) is 6.81. The Balaban J connectivity index is 0.00000140. The van der Waals surface area contributed by atoms with Gasteiger partial charge in [0.05, 0.1) is 0 Å². The molecule has 3 aliphatic rings. The molecule has 7 heteroatoms. The fourth-order valence-corrected chi connectivity index (χ4v) is 5.66. The molecule has 2 N–H and O–H groups in total. The summed E-state index contributed by atoms with van der Waals surface area (Å²) in [4.78, 5) is 14.9. The van der Waals surface area contributed by atoms with Gasteiger partial charge in [-0.2, -0.15) is 11.8 Å². The minimum absolute atomic E-state index is 0. The van der Waals surface area contributed by atoms with Crippen LogP contribution in [0, 0.1) is 5.92 Å². The molecule has 0 spiro atoms. The van der Waals surface area contributed by atoms with Crippen LogP contribution in [0.2, 0.25) is 0 Å². The van der Waals surface area contributed by atoms with Crippen molar-refractivity contribution in [1.29, 1.82) is 0 Å². The van der Waals surface area contributed by atoms with Crippen molar-refractivity contribution in [3.8, 4) is 0 Å². The minimum atomic E-state index is 0. The van der Waals surface area contributed by atoms with Crippen molar-refractivity contribution in [3.63, 3.8) is 0 Å². The van der Waals surface area contributed by atoms with E-state index < -0.39 is 0 Å². The van der Waals surface area contributed by atoms with E-state index in [0.717, 1.165) is 31.5 Å². The first-order valence-corrected chi connectivity index (χ1v) is 11.3. The van der Waals surface area contributed by atoms with E-state index in [1.54, 1.807) is 0 Å². The van der Waals surface area contributed by atoms with Crippen molar-refractivity contribution in [2.24, 2.45) is 5.92 Å². The van der Waals surface area contributed by atoms with E-state index in [0.29, 0.717) is 24.4 Å². The van der Waals surface area contributed by atoms with E-state index in [9.17, 15) is 4.79 Å². The SMILES string of the molecule is Cl.Cl.O=C(CC1CC2CCC(C1)N2)Nc1ccc(CCN2CCSCC2)cc1. The van der Waals surface area contributed by atoms with Crippen LogP contribution in [0.1, 0.15) is 37.7 Å². The van der Waals surface area contributed by atoms with Crippen LogP contribution in [0.15, 0.2) is 24.3 Å². The molecule has 2 unspecified atom stereocenters. The second-order valence-corrected chi connectivity index (χ2v) is 9.35. The number of nitrogens with one attached hydrogen (secondary N) is 2. The smallest absolute Gasteiger partial charge is 0.224 e. The lowest BCUT2D eigenvalue weighted by atomic mass is 9.89. The summed E-state index contributed by atoms with van der Waals surface area (Å²) in [5, 5.41) is 6.75. The molecule has 158 valence electrons. The van der Waals surface area contributed by atoms with E-state index in [1.165, 1.54) is 43.0 Å². The summed E-state index contributed by atoms with van der Waals surface area (Å²) in [5.41, 5.74) is 2.29. The Morgan fingerprint density at radius 1 is 1.07 bits per heavy atom. The summed E-state index contributed by atoms with van der Waals surface area (Å²) in [5.74, 6) is 3.26. The number of hydrogen-bond acceptors (Lipinski definition) is 4. The number of hydrogen-bond donors (Lipinski definition) is 2. The van der Waals surface area contributed by atoms with Gasteiger partial charge in [-0.25, -0.2) is 0 Å². The molecule has 0 aromatic heterocycles. The number of thioether (sulfide) groups is 1. The van der Waals surface area contributed by atoms with Crippen molar-refractivity contribution in [2.45, 2.75) is 50.6 Å². The van der Waals surface area contributed by atoms with Gasteiger partial charge in [-0.3, -0.25) is 4.79 Å². The predicted octanol–water partition coefficient (Wildman–Crippen LogP) is 3.98. The normalized spacial score (nSPS) is 26.8. The molecule has 3 saturated heterocycles. The highest BCUT2D eigenvalue weighted by Crippen LogP contribution is 2.32. The number of anilines is 1. The van der Waals surface area contributed by atoms with Crippen LogP contribution in [0.4, 0.5) is 5.69 Å². The zero-order valence-electron chi connectivity index (χ0n) is 16.4. The molecular formula is C21H33Cl2N3OS. The number of benzene rings is 1. The fourth-order valence-electron chi connectivity index (χ4n) is 4.68. The average Bonchev–Trinajstić information content (AvgIpc) is 3.00. The van der Waals surface area contributed by atoms with Crippen molar-refractivity contribution >= 4 is 48.2 Å². The van der Waals surface area contributed by atoms with Crippen LogP contribution >= 0.6 is 36.6 Å². The molecular weight excluding hydrogens is 413 g/mol. The van der Waals surface area contributed by atoms with Crippen LogP contribution in [0.3, 0.4) is 0 Å². The summed E-state index contributed by atoms with van der Waals surface area (Å²) in [6.45, 7) is 3.58. The van der Waals surface area contributed by atoms with Gasteiger partial charge in [0.1, 0.15) is 0 Å². The Kier molecular flexibility index (Phi) is 9.91. The largest absolute Gasteiger partial charge is 0.326 e. The van der Waals surface area contributed by atoms with Crippen molar-refractivity contribution in [1.82, 2.24) is 10.2 Å². The van der Waals surface area contributed by atoms with Crippen LogP contribution < -0.4 is 10.6 Å². The van der Waals surface area contributed by atoms with Gasteiger partial charge in [0.2, 0.25) is 5.91 Å². The summed E-state index contributed by atoms with van der Waals surface area (Å²) in [7, 11) is 0. The van der Waals surface area contributed by atoms with E-state index in [1.807, 2.05) is 0 Å². The number of nitrogens with zero attached hydrogens (tertiary/aromatic N) is 1.